The summed E-state index contributed by atoms with van der Waals surface area (Å²) in [6, 6.07) is 0. The Morgan fingerprint density at radius 2 is 2.11 bits per heavy atom. The second-order valence-electron chi connectivity index (χ2n) is 2.89. The van der Waals surface area contributed by atoms with E-state index in [-0.39, 0.29) is 0 Å². The fourth-order valence-corrected chi connectivity index (χ4v) is 2.83. The molecule has 0 radical (unpaired) electrons. The Morgan fingerprint density at radius 3 is 2.22 bits per heavy atom. The number of rotatable bonds is 3. The number of thioether (sulfide) groups is 1. The molecule has 0 spiro atoms. The van der Waals surface area contributed by atoms with Crippen LogP contribution in [0.2, 0.25) is 0 Å². The molecular weight excluding hydrogens is 128 g/mol. The van der Waals surface area contributed by atoms with Gasteiger partial charge in [-0.2, -0.15) is 11.8 Å². The summed E-state index contributed by atoms with van der Waals surface area (Å²) in [6.45, 7) is 4.61. The molecule has 0 aromatic heterocycles. The van der Waals surface area contributed by atoms with Gasteiger partial charge in [-0.25, -0.2) is 0 Å². The van der Waals surface area contributed by atoms with Gasteiger partial charge in [-0.05, 0) is 25.0 Å². The quantitative estimate of drug-likeness (QED) is 0.586. The van der Waals surface area contributed by atoms with Crippen molar-refractivity contribution in [3.05, 3.63) is 0 Å². The van der Waals surface area contributed by atoms with Crippen LogP contribution in [0, 0.1) is 0 Å². The molecule has 0 bridgehead atoms. The van der Waals surface area contributed by atoms with Crippen molar-refractivity contribution in [3.63, 3.8) is 0 Å². The van der Waals surface area contributed by atoms with Crippen molar-refractivity contribution in [2.45, 2.75) is 44.3 Å². The van der Waals surface area contributed by atoms with E-state index in [1.807, 2.05) is 0 Å². The highest BCUT2D eigenvalue weighted by Crippen LogP contribution is 2.46. The largest absolute Gasteiger partial charge is 0.155 e. The van der Waals surface area contributed by atoms with Gasteiger partial charge in [-0.3, -0.25) is 0 Å². The number of hydrogen-bond donors (Lipinski definition) is 0. The minimum Gasteiger partial charge on any atom is -0.155 e. The summed E-state index contributed by atoms with van der Waals surface area (Å²) in [5, 5.41) is 0. The predicted octanol–water partition coefficient (Wildman–Crippen LogP) is 3.07. The van der Waals surface area contributed by atoms with Gasteiger partial charge in [0.25, 0.3) is 0 Å². The maximum atomic E-state index is 2.32. The van der Waals surface area contributed by atoms with Crippen LogP contribution >= 0.6 is 11.8 Å². The second-order valence-corrected chi connectivity index (χ2v) is 4.45. The van der Waals surface area contributed by atoms with Crippen molar-refractivity contribution < 1.29 is 0 Å². The lowest BCUT2D eigenvalue weighted by Crippen LogP contribution is -2.33. The molecule has 9 heavy (non-hydrogen) atoms. The van der Waals surface area contributed by atoms with Crippen LogP contribution in [0.15, 0.2) is 0 Å². The molecule has 1 fully saturated rings. The Balaban J connectivity index is 2.28. The molecular formula is C8H16S. The molecule has 1 unspecified atom stereocenters. The molecule has 0 aromatic carbocycles. The Labute approximate surface area is 62.4 Å². The zero-order chi connectivity index (χ0) is 6.74. The van der Waals surface area contributed by atoms with Crippen LogP contribution in [-0.4, -0.2) is 10.5 Å². The van der Waals surface area contributed by atoms with E-state index in [0.29, 0.717) is 0 Å². The highest BCUT2D eigenvalue weighted by Gasteiger charge is 2.34. The molecule has 1 rings (SSSR count). The van der Waals surface area contributed by atoms with Crippen LogP contribution < -0.4 is 0 Å². The van der Waals surface area contributed by atoms with Gasteiger partial charge in [-0.15, -0.1) is 0 Å². The van der Waals surface area contributed by atoms with Crippen molar-refractivity contribution in [2.24, 2.45) is 0 Å². The molecule has 1 atom stereocenters. The predicted molar refractivity (Wildman–Crippen MR) is 45.0 cm³/mol. The molecule has 0 N–H and O–H groups in total. The summed E-state index contributed by atoms with van der Waals surface area (Å²) in [6.07, 6.45) is 5.66. The van der Waals surface area contributed by atoms with Crippen LogP contribution in [0.1, 0.15) is 39.5 Å². The van der Waals surface area contributed by atoms with E-state index in [1.165, 1.54) is 31.4 Å². The van der Waals surface area contributed by atoms with Gasteiger partial charge in [0, 0.05) is 4.75 Å². The molecule has 1 saturated heterocycles. The third kappa shape index (κ3) is 1.43. The van der Waals surface area contributed by atoms with Gasteiger partial charge in [0.2, 0.25) is 0 Å². The van der Waals surface area contributed by atoms with Gasteiger partial charge in [0.05, 0.1) is 0 Å². The minimum absolute atomic E-state index is 0.731. The molecule has 1 aliphatic rings. The van der Waals surface area contributed by atoms with Crippen LogP contribution in [0.3, 0.4) is 0 Å². The first-order chi connectivity index (χ1) is 4.33. The lowest BCUT2D eigenvalue weighted by molar-refractivity contribution is 0.476. The van der Waals surface area contributed by atoms with E-state index in [0.717, 1.165) is 4.75 Å². The van der Waals surface area contributed by atoms with Crippen LogP contribution in [0.25, 0.3) is 0 Å². The molecule has 0 aromatic rings. The van der Waals surface area contributed by atoms with E-state index < -0.39 is 0 Å². The van der Waals surface area contributed by atoms with E-state index in [4.69, 9.17) is 0 Å². The third-order valence-electron chi connectivity index (χ3n) is 2.32. The maximum absolute atomic E-state index is 2.32. The molecule has 0 saturated carbocycles. The zero-order valence-electron chi connectivity index (χ0n) is 6.44. The summed E-state index contributed by atoms with van der Waals surface area (Å²) < 4.78 is 0.731. The van der Waals surface area contributed by atoms with Gasteiger partial charge in [0.1, 0.15) is 0 Å². The van der Waals surface area contributed by atoms with Gasteiger partial charge >= 0.3 is 0 Å². The molecule has 0 aliphatic carbocycles. The topological polar surface area (TPSA) is 0 Å². The monoisotopic (exact) mass is 144 g/mol. The molecule has 0 nitrogen and oxygen atoms in total. The summed E-state index contributed by atoms with van der Waals surface area (Å²) in [7, 11) is 0. The fourth-order valence-electron chi connectivity index (χ4n) is 1.50. The maximum Gasteiger partial charge on any atom is 0.0165 e. The Bertz CT molecular complexity index is 79.1. The van der Waals surface area contributed by atoms with Crippen molar-refractivity contribution in [3.8, 4) is 0 Å². The van der Waals surface area contributed by atoms with E-state index >= 15 is 0 Å². The molecule has 0 amide bonds. The minimum atomic E-state index is 0.731. The van der Waals surface area contributed by atoms with Crippen molar-refractivity contribution in [2.75, 3.05) is 5.75 Å². The lowest BCUT2D eigenvalue weighted by Gasteiger charge is -2.40. The lowest BCUT2D eigenvalue weighted by atomic mass is 9.96. The average molecular weight is 144 g/mol. The highest BCUT2D eigenvalue weighted by atomic mass is 32.2. The third-order valence-corrected chi connectivity index (χ3v) is 4.03. The van der Waals surface area contributed by atoms with Crippen LogP contribution in [0.5, 0.6) is 0 Å². The summed E-state index contributed by atoms with van der Waals surface area (Å²) in [5.41, 5.74) is 0. The molecule has 1 heteroatoms. The first-order valence-electron chi connectivity index (χ1n) is 3.97. The Hall–Kier alpha value is 0.350. The highest BCUT2D eigenvalue weighted by molar-refractivity contribution is 8.02. The smallest absolute Gasteiger partial charge is 0.0165 e. The van der Waals surface area contributed by atoms with E-state index in [2.05, 4.69) is 25.6 Å². The standard InChI is InChI=1S/C8H16S/c1-3-5-8(4-2)6-7-9-8/h3-7H2,1-2H3. The molecule has 1 aliphatic heterocycles. The summed E-state index contributed by atoms with van der Waals surface area (Å²) >= 11 is 2.18. The van der Waals surface area contributed by atoms with Crippen molar-refractivity contribution in [1.29, 1.82) is 0 Å². The van der Waals surface area contributed by atoms with Gasteiger partial charge < -0.3 is 0 Å². The van der Waals surface area contributed by atoms with Gasteiger partial charge in [0.15, 0.2) is 0 Å². The van der Waals surface area contributed by atoms with Crippen LogP contribution in [0.4, 0.5) is 0 Å². The van der Waals surface area contributed by atoms with Crippen molar-refractivity contribution in [1.82, 2.24) is 0 Å². The normalized spacial score (nSPS) is 34.0. The van der Waals surface area contributed by atoms with Gasteiger partial charge in [-0.1, -0.05) is 20.3 Å². The van der Waals surface area contributed by atoms with E-state index in [9.17, 15) is 0 Å². The summed E-state index contributed by atoms with van der Waals surface area (Å²) in [5.74, 6) is 1.41. The first-order valence-corrected chi connectivity index (χ1v) is 4.95. The van der Waals surface area contributed by atoms with Crippen LogP contribution in [-0.2, 0) is 0 Å². The SMILES string of the molecule is CCCC1(CC)CCS1. The Kier molecular flexibility index (Phi) is 2.45. The average Bonchev–Trinajstić information content (AvgIpc) is 1.79. The summed E-state index contributed by atoms with van der Waals surface area (Å²) in [4.78, 5) is 0. The Morgan fingerprint density at radius 1 is 1.44 bits per heavy atom. The van der Waals surface area contributed by atoms with Crippen molar-refractivity contribution >= 4 is 11.8 Å². The molecule has 1 heterocycles. The number of hydrogen-bond acceptors (Lipinski definition) is 1. The second kappa shape index (κ2) is 2.96. The fraction of sp³-hybridized carbons (Fsp3) is 1.00. The zero-order valence-corrected chi connectivity index (χ0v) is 7.26. The molecule has 54 valence electrons. The first kappa shape index (κ1) is 7.46. The van der Waals surface area contributed by atoms with E-state index in [1.54, 1.807) is 0 Å².